The number of hydrogen-bond acceptors (Lipinski definition) is 2. The topological polar surface area (TPSA) is 16.1 Å². The number of rotatable bonds is 4. The van der Waals surface area contributed by atoms with E-state index in [9.17, 15) is 13.2 Å². The highest BCUT2D eigenvalue weighted by Gasteiger charge is 2.31. The second-order valence-electron chi connectivity index (χ2n) is 4.64. The number of halogens is 4. The average molecular weight is 281 g/mol. The third kappa shape index (κ3) is 4.37. The molecule has 0 aliphatic carbocycles. The van der Waals surface area contributed by atoms with Gasteiger partial charge in [0.05, 0.1) is 5.56 Å². The summed E-state index contributed by atoms with van der Waals surface area (Å²) in [4.78, 5) is 5.60. The molecule has 0 unspecified atom stereocenters. The minimum atomic E-state index is -4.40. The molecule has 0 fully saturated rings. The summed E-state index contributed by atoms with van der Waals surface area (Å²) < 4.78 is 37.9. The number of pyridine rings is 1. The molecular weight excluding hydrogens is 265 g/mol. The predicted molar refractivity (Wildman–Crippen MR) is 67.0 cm³/mol. The van der Waals surface area contributed by atoms with E-state index in [0.29, 0.717) is 12.5 Å². The van der Waals surface area contributed by atoms with Crippen LogP contribution in [0.2, 0.25) is 5.15 Å². The van der Waals surface area contributed by atoms with Crippen LogP contribution in [-0.4, -0.2) is 18.6 Å². The molecule has 6 heteroatoms. The standard InChI is InChI=1S/C12H16ClF3N2/c1-8(2)4-5-18(3)11-7-9(12(14,15)16)6-10(13)17-11/h6-8H,4-5H2,1-3H3. The van der Waals surface area contributed by atoms with Crippen molar-refractivity contribution in [2.75, 3.05) is 18.5 Å². The smallest absolute Gasteiger partial charge is 0.360 e. The molecule has 0 aromatic carbocycles. The van der Waals surface area contributed by atoms with Crippen molar-refractivity contribution in [1.29, 1.82) is 0 Å². The Kier molecular flexibility index (Phi) is 4.85. The van der Waals surface area contributed by atoms with Crippen LogP contribution >= 0.6 is 11.6 Å². The maximum Gasteiger partial charge on any atom is 0.416 e. The summed E-state index contributed by atoms with van der Waals surface area (Å²) in [6.07, 6.45) is -3.52. The normalized spacial score (nSPS) is 12.0. The van der Waals surface area contributed by atoms with Gasteiger partial charge in [-0.1, -0.05) is 25.4 Å². The Balaban J connectivity index is 2.92. The Morgan fingerprint density at radius 3 is 2.44 bits per heavy atom. The van der Waals surface area contributed by atoms with Crippen molar-refractivity contribution >= 4 is 17.4 Å². The van der Waals surface area contributed by atoms with E-state index < -0.39 is 11.7 Å². The molecule has 0 amide bonds. The minimum Gasteiger partial charge on any atom is -0.360 e. The highest BCUT2D eigenvalue weighted by Crippen LogP contribution is 2.32. The van der Waals surface area contributed by atoms with E-state index in [1.807, 2.05) is 0 Å². The van der Waals surface area contributed by atoms with Gasteiger partial charge in [0.15, 0.2) is 0 Å². The lowest BCUT2D eigenvalue weighted by molar-refractivity contribution is -0.137. The van der Waals surface area contributed by atoms with Crippen LogP contribution < -0.4 is 4.90 Å². The number of hydrogen-bond donors (Lipinski definition) is 0. The number of aromatic nitrogens is 1. The van der Waals surface area contributed by atoms with Crippen molar-refractivity contribution in [2.45, 2.75) is 26.4 Å². The van der Waals surface area contributed by atoms with Crippen molar-refractivity contribution in [3.63, 3.8) is 0 Å². The lowest BCUT2D eigenvalue weighted by Crippen LogP contribution is -2.21. The van der Waals surface area contributed by atoms with Crippen LogP contribution in [0.4, 0.5) is 19.0 Å². The van der Waals surface area contributed by atoms with Gasteiger partial charge < -0.3 is 4.90 Å². The van der Waals surface area contributed by atoms with Crippen LogP contribution in [0.3, 0.4) is 0 Å². The molecule has 0 spiro atoms. The van der Waals surface area contributed by atoms with Gasteiger partial charge in [-0.2, -0.15) is 13.2 Å². The fourth-order valence-electron chi connectivity index (χ4n) is 1.41. The summed E-state index contributed by atoms with van der Waals surface area (Å²) in [5.41, 5.74) is -0.770. The third-order valence-electron chi connectivity index (χ3n) is 2.54. The molecule has 0 aliphatic rings. The van der Waals surface area contributed by atoms with Gasteiger partial charge in [0.1, 0.15) is 11.0 Å². The number of anilines is 1. The molecule has 1 rings (SSSR count). The van der Waals surface area contributed by atoms with Gasteiger partial charge in [0, 0.05) is 13.6 Å². The van der Waals surface area contributed by atoms with Crippen LogP contribution in [0.25, 0.3) is 0 Å². The highest BCUT2D eigenvalue weighted by atomic mass is 35.5. The molecular formula is C12H16ClF3N2. The highest BCUT2D eigenvalue weighted by molar-refractivity contribution is 6.29. The number of alkyl halides is 3. The van der Waals surface area contributed by atoms with E-state index in [4.69, 9.17) is 11.6 Å². The molecule has 0 saturated heterocycles. The Bertz CT molecular complexity index is 405. The fraction of sp³-hybridized carbons (Fsp3) is 0.583. The predicted octanol–water partition coefficient (Wildman–Crippen LogP) is 4.24. The van der Waals surface area contributed by atoms with Crippen molar-refractivity contribution in [1.82, 2.24) is 4.98 Å². The zero-order valence-electron chi connectivity index (χ0n) is 10.6. The van der Waals surface area contributed by atoms with E-state index in [-0.39, 0.29) is 11.0 Å². The first kappa shape index (κ1) is 15.1. The quantitative estimate of drug-likeness (QED) is 0.767. The Hall–Kier alpha value is -0.970. The van der Waals surface area contributed by atoms with Crippen LogP contribution in [0.15, 0.2) is 12.1 Å². The molecule has 102 valence electrons. The van der Waals surface area contributed by atoms with Crippen molar-refractivity contribution in [2.24, 2.45) is 5.92 Å². The minimum absolute atomic E-state index is 0.142. The first-order valence-corrected chi connectivity index (χ1v) is 6.04. The molecule has 18 heavy (non-hydrogen) atoms. The fourth-order valence-corrected chi connectivity index (χ4v) is 1.61. The summed E-state index contributed by atoms with van der Waals surface area (Å²) in [5.74, 6) is 0.726. The summed E-state index contributed by atoms with van der Waals surface area (Å²) >= 11 is 5.63. The van der Waals surface area contributed by atoms with Crippen LogP contribution in [0.5, 0.6) is 0 Å². The second kappa shape index (κ2) is 5.78. The number of nitrogens with zero attached hydrogens (tertiary/aromatic N) is 2. The molecule has 1 heterocycles. The van der Waals surface area contributed by atoms with E-state index in [2.05, 4.69) is 18.8 Å². The first-order chi connectivity index (χ1) is 8.20. The molecule has 0 aliphatic heterocycles. The summed E-state index contributed by atoms with van der Waals surface area (Å²) in [6.45, 7) is 4.75. The van der Waals surface area contributed by atoms with E-state index in [1.165, 1.54) is 0 Å². The van der Waals surface area contributed by atoms with Gasteiger partial charge in [0.25, 0.3) is 0 Å². The molecule has 0 N–H and O–H groups in total. The molecule has 0 radical (unpaired) electrons. The zero-order valence-corrected chi connectivity index (χ0v) is 11.3. The van der Waals surface area contributed by atoms with Crippen molar-refractivity contribution < 1.29 is 13.2 Å². The van der Waals surface area contributed by atoms with Crippen LogP contribution in [-0.2, 0) is 6.18 Å². The van der Waals surface area contributed by atoms with Gasteiger partial charge in [0.2, 0.25) is 0 Å². The molecule has 1 aromatic heterocycles. The second-order valence-corrected chi connectivity index (χ2v) is 5.03. The van der Waals surface area contributed by atoms with Gasteiger partial charge in [-0.3, -0.25) is 0 Å². The maximum absolute atomic E-state index is 12.6. The van der Waals surface area contributed by atoms with E-state index in [0.717, 1.165) is 18.6 Å². The lowest BCUT2D eigenvalue weighted by Gasteiger charge is -2.20. The lowest BCUT2D eigenvalue weighted by atomic mass is 10.1. The molecule has 0 saturated carbocycles. The molecule has 0 bridgehead atoms. The molecule has 0 atom stereocenters. The largest absolute Gasteiger partial charge is 0.416 e. The summed E-state index contributed by atoms with van der Waals surface area (Å²) in [7, 11) is 1.71. The first-order valence-electron chi connectivity index (χ1n) is 5.66. The van der Waals surface area contributed by atoms with Crippen molar-refractivity contribution in [3.8, 4) is 0 Å². The summed E-state index contributed by atoms with van der Waals surface area (Å²) in [5, 5.41) is -0.142. The Labute approximate surface area is 110 Å². The average Bonchev–Trinajstić information content (AvgIpc) is 2.23. The monoisotopic (exact) mass is 280 g/mol. The molecule has 1 aromatic rings. The van der Waals surface area contributed by atoms with Gasteiger partial charge >= 0.3 is 6.18 Å². The van der Waals surface area contributed by atoms with E-state index >= 15 is 0 Å². The Morgan fingerprint density at radius 2 is 1.94 bits per heavy atom. The Morgan fingerprint density at radius 1 is 1.33 bits per heavy atom. The summed E-state index contributed by atoms with van der Waals surface area (Å²) in [6, 6.07) is 1.85. The van der Waals surface area contributed by atoms with Crippen LogP contribution in [0, 0.1) is 5.92 Å². The zero-order chi connectivity index (χ0) is 13.9. The van der Waals surface area contributed by atoms with Crippen LogP contribution in [0.1, 0.15) is 25.8 Å². The van der Waals surface area contributed by atoms with Crippen molar-refractivity contribution in [3.05, 3.63) is 22.8 Å². The molecule has 2 nitrogen and oxygen atoms in total. The maximum atomic E-state index is 12.6. The van der Waals surface area contributed by atoms with Gasteiger partial charge in [-0.15, -0.1) is 0 Å². The van der Waals surface area contributed by atoms with E-state index in [1.54, 1.807) is 11.9 Å². The van der Waals surface area contributed by atoms with Gasteiger partial charge in [-0.05, 0) is 24.5 Å². The third-order valence-corrected chi connectivity index (χ3v) is 2.73. The van der Waals surface area contributed by atoms with Gasteiger partial charge in [-0.25, -0.2) is 4.98 Å². The SMILES string of the molecule is CC(C)CCN(C)c1cc(C(F)(F)F)cc(Cl)n1.